The summed E-state index contributed by atoms with van der Waals surface area (Å²) in [5.74, 6) is 0. The molecular weight excluding hydrogens is 298 g/mol. The molecule has 0 radical (unpaired) electrons. The highest BCUT2D eigenvalue weighted by Gasteiger charge is 2.15. The lowest BCUT2D eigenvalue weighted by Gasteiger charge is -2.22. The number of rotatable bonds is 5. The van der Waals surface area contributed by atoms with E-state index >= 15 is 0 Å². The first-order valence-corrected chi connectivity index (χ1v) is 8.68. The lowest BCUT2D eigenvalue weighted by molar-refractivity contribution is 0.233. The molecule has 0 bridgehead atoms. The summed E-state index contributed by atoms with van der Waals surface area (Å²) < 4.78 is 1.75. The molecule has 1 saturated carbocycles. The number of aromatic nitrogens is 3. The number of amides is 2. The average molecular weight is 319 g/mol. The van der Waals surface area contributed by atoms with Crippen LogP contribution in [0.2, 0.25) is 0 Å². The molecule has 0 aromatic carbocycles. The fraction of sp³-hybridized carbons (Fsp3) is 0.533. The number of urea groups is 1. The quantitative estimate of drug-likeness (QED) is 0.889. The van der Waals surface area contributed by atoms with Crippen LogP contribution >= 0.6 is 11.3 Å². The minimum atomic E-state index is -0.0607. The summed E-state index contributed by atoms with van der Waals surface area (Å²) in [5, 5.41) is 13.0. The molecule has 1 aliphatic rings. The third kappa shape index (κ3) is 4.07. The number of nitrogens with one attached hydrogen (secondary N) is 2. The van der Waals surface area contributed by atoms with Gasteiger partial charge in [-0.25, -0.2) is 14.5 Å². The van der Waals surface area contributed by atoms with Gasteiger partial charge in [-0.1, -0.05) is 19.3 Å². The summed E-state index contributed by atoms with van der Waals surface area (Å²) in [6, 6.07) is 2.16. The number of carbonyl (C=O) groups excluding carboxylic acids is 1. The Labute approximate surface area is 133 Å². The van der Waals surface area contributed by atoms with E-state index in [2.05, 4.69) is 20.7 Å². The second kappa shape index (κ2) is 7.40. The van der Waals surface area contributed by atoms with E-state index in [0.717, 1.165) is 30.1 Å². The summed E-state index contributed by atoms with van der Waals surface area (Å²) in [6.07, 6.45) is 10.3. The van der Waals surface area contributed by atoms with Gasteiger partial charge >= 0.3 is 6.03 Å². The normalized spacial score (nSPS) is 15.6. The first-order valence-electron chi connectivity index (χ1n) is 7.80. The summed E-state index contributed by atoms with van der Waals surface area (Å²) in [6.45, 7) is 0.598. The minimum absolute atomic E-state index is 0.0607. The molecule has 7 heteroatoms. The summed E-state index contributed by atoms with van der Waals surface area (Å²) in [4.78, 5) is 16.4. The zero-order valence-corrected chi connectivity index (χ0v) is 13.3. The Hall–Kier alpha value is -1.89. The van der Waals surface area contributed by atoms with Crippen LogP contribution in [0, 0.1) is 0 Å². The lowest BCUT2D eigenvalue weighted by atomic mass is 9.96. The van der Waals surface area contributed by atoms with E-state index in [9.17, 15) is 4.79 Å². The van der Waals surface area contributed by atoms with Crippen molar-refractivity contribution in [3.8, 4) is 5.13 Å². The van der Waals surface area contributed by atoms with Gasteiger partial charge in [-0.15, -0.1) is 11.3 Å². The van der Waals surface area contributed by atoms with Gasteiger partial charge in [0.2, 0.25) is 5.13 Å². The SMILES string of the molecule is O=C(NCCc1csc(-n2cccn2)n1)NC1CCCCC1. The first kappa shape index (κ1) is 15.0. The molecule has 0 saturated heterocycles. The molecule has 1 aliphatic carbocycles. The maximum Gasteiger partial charge on any atom is 0.315 e. The smallest absolute Gasteiger partial charge is 0.315 e. The molecule has 0 unspecified atom stereocenters. The van der Waals surface area contributed by atoms with Gasteiger partial charge in [0, 0.05) is 36.8 Å². The maximum absolute atomic E-state index is 11.8. The van der Waals surface area contributed by atoms with Crippen molar-refractivity contribution in [2.75, 3.05) is 6.54 Å². The minimum Gasteiger partial charge on any atom is -0.338 e. The van der Waals surface area contributed by atoms with Crippen LogP contribution in [0.15, 0.2) is 23.8 Å². The highest BCUT2D eigenvalue weighted by molar-refractivity contribution is 7.12. The third-order valence-electron chi connectivity index (χ3n) is 3.85. The number of hydrogen-bond acceptors (Lipinski definition) is 4. The van der Waals surface area contributed by atoms with E-state index in [1.54, 1.807) is 22.2 Å². The van der Waals surface area contributed by atoms with Crippen molar-refractivity contribution in [2.45, 2.75) is 44.6 Å². The van der Waals surface area contributed by atoms with Gasteiger partial charge in [-0.05, 0) is 18.9 Å². The van der Waals surface area contributed by atoms with Gasteiger partial charge in [-0.2, -0.15) is 5.10 Å². The van der Waals surface area contributed by atoms with Crippen LogP contribution in [-0.4, -0.2) is 33.4 Å². The lowest BCUT2D eigenvalue weighted by Crippen LogP contribution is -2.43. The molecule has 2 aromatic rings. The van der Waals surface area contributed by atoms with E-state index in [1.807, 2.05) is 17.6 Å². The van der Waals surface area contributed by atoms with Crippen LogP contribution in [0.5, 0.6) is 0 Å². The predicted octanol–water partition coefficient (Wildman–Crippen LogP) is 2.50. The third-order valence-corrected chi connectivity index (χ3v) is 4.73. The second-order valence-corrected chi connectivity index (χ2v) is 6.39. The molecule has 2 heterocycles. The Kier molecular flexibility index (Phi) is 5.05. The van der Waals surface area contributed by atoms with Crippen LogP contribution in [0.25, 0.3) is 5.13 Å². The zero-order valence-electron chi connectivity index (χ0n) is 12.5. The van der Waals surface area contributed by atoms with Crippen molar-refractivity contribution in [1.82, 2.24) is 25.4 Å². The summed E-state index contributed by atoms with van der Waals surface area (Å²) in [7, 11) is 0. The average Bonchev–Trinajstić information content (AvgIpc) is 3.19. The van der Waals surface area contributed by atoms with Crippen LogP contribution in [0.4, 0.5) is 4.79 Å². The monoisotopic (exact) mass is 319 g/mol. The first-order chi connectivity index (χ1) is 10.8. The molecule has 3 rings (SSSR count). The van der Waals surface area contributed by atoms with Crippen LogP contribution in [0.1, 0.15) is 37.8 Å². The Balaban J connectivity index is 1.40. The standard InChI is InChI=1S/C15H21N5OS/c21-14(18-12-5-2-1-3-6-12)16-9-7-13-11-22-15(19-13)20-10-4-8-17-20/h4,8,10-12H,1-3,5-7,9H2,(H2,16,18,21). The highest BCUT2D eigenvalue weighted by Crippen LogP contribution is 2.17. The summed E-state index contributed by atoms with van der Waals surface area (Å²) >= 11 is 1.56. The van der Waals surface area contributed by atoms with Crippen molar-refractivity contribution in [1.29, 1.82) is 0 Å². The number of hydrogen-bond donors (Lipinski definition) is 2. The highest BCUT2D eigenvalue weighted by atomic mass is 32.1. The summed E-state index contributed by atoms with van der Waals surface area (Å²) in [5.41, 5.74) is 0.980. The molecule has 6 nitrogen and oxygen atoms in total. The molecule has 0 atom stereocenters. The van der Waals surface area contributed by atoms with Crippen LogP contribution < -0.4 is 10.6 Å². The number of nitrogens with zero attached hydrogens (tertiary/aromatic N) is 3. The Morgan fingerprint density at radius 3 is 3.00 bits per heavy atom. The second-order valence-electron chi connectivity index (χ2n) is 5.56. The van der Waals surface area contributed by atoms with Gasteiger partial charge in [0.1, 0.15) is 0 Å². The van der Waals surface area contributed by atoms with Gasteiger partial charge in [-0.3, -0.25) is 0 Å². The van der Waals surface area contributed by atoms with E-state index in [1.165, 1.54) is 19.3 Å². The number of carbonyl (C=O) groups is 1. The van der Waals surface area contributed by atoms with Crippen molar-refractivity contribution >= 4 is 17.4 Å². The van der Waals surface area contributed by atoms with Crippen molar-refractivity contribution < 1.29 is 4.79 Å². The van der Waals surface area contributed by atoms with Gasteiger partial charge in [0.15, 0.2) is 0 Å². The molecule has 2 amide bonds. The van der Waals surface area contributed by atoms with E-state index in [-0.39, 0.29) is 6.03 Å². The van der Waals surface area contributed by atoms with Crippen molar-refractivity contribution in [3.05, 3.63) is 29.5 Å². The molecule has 0 spiro atoms. The van der Waals surface area contributed by atoms with Gasteiger partial charge in [0.05, 0.1) is 5.69 Å². The fourth-order valence-corrected chi connectivity index (χ4v) is 3.48. The van der Waals surface area contributed by atoms with Crippen LogP contribution in [0.3, 0.4) is 0 Å². The van der Waals surface area contributed by atoms with Crippen LogP contribution in [-0.2, 0) is 6.42 Å². The largest absolute Gasteiger partial charge is 0.338 e. The molecule has 2 aromatic heterocycles. The Morgan fingerprint density at radius 2 is 2.23 bits per heavy atom. The van der Waals surface area contributed by atoms with Gasteiger partial charge in [0.25, 0.3) is 0 Å². The topological polar surface area (TPSA) is 71.8 Å². The molecule has 1 fully saturated rings. The van der Waals surface area contributed by atoms with E-state index in [0.29, 0.717) is 12.6 Å². The van der Waals surface area contributed by atoms with E-state index < -0.39 is 0 Å². The zero-order chi connectivity index (χ0) is 15.2. The molecule has 0 aliphatic heterocycles. The van der Waals surface area contributed by atoms with E-state index in [4.69, 9.17) is 0 Å². The number of thiazole rings is 1. The molecule has 118 valence electrons. The van der Waals surface area contributed by atoms with Gasteiger partial charge < -0.3 is 10.6 Å². The van der Waals surface area contributed by atoms with Crippen molar-refractivity contribution in [3.63, 3.8) is 0 Å². The van der Waals surface area contributed by atoms with Crippen molar-refractivity contribution in [2.24, 2.45) is 0 Å². The fourth-order valence-electron chi connectivity index (χ4n) is 2.69. The molecular formula is C15H21N5OS. The predicted molar refractivity (Wildman–Crippen MR) is 86.3 cm³/mol. The molecule has 2 N–H and O–H groups in total. The Bertz CT molecular complexity index is 589. The Morgan fingerprint density at radius 1 is 1.36 bits per heavy atom. The molecule has 22 heavy (non-hydrogen) atoms. The maximum atomic E-state index is 11.8.